The fraction of sp³-hybridized carbons (Fsp3) is 0.923. The van der Waals surface area contributed by atoms with E-state index in [0.29, 0.717) is 6.61 Å². The van der Waals surface area contributed by atoms with Crippen molar-refractivity contribution in [2.24, 2.45) is 11.7 Å². The number of nitrogens with two attached hydrogens (primary N) is 1. The predicted molar refractivity (Wildman–Crippen MR) is 68.6 cm³/mol. The minimum absolute atomic E-state index is 0.106. The third-order valence-corrected chi connectivity index (χ3v) is 3.44. The number of methoxy groups -OCH3 is 1. The van der Waals surface area contributed by atoms with Gasteiger partial charge in [0.05, 0.1) is 12.6 Å². The molecule has 1 saturated carbocycles. The zero-order chi connectivity index (χ0) is 12.7. The molecule has 0 aromatic rings. The first kappa shape index (κ1) is 14.5. The number of carbonyl (C=O) groups is 1. The second kappa shape index (κ2) is 7.67. The van der Waals surface area contributed by atoms with E-state index in [2.05, 4.69) is 12.2 Å². The summed E-state index contributed by atoms with van der Waals surface area (Å²) in [5, 5.41) is 3.09. The highest BCUT2D eigenvalue weighted by atomic mass is 16.5. The van der Waals surface area contributed by atoms with Gasteiger partial charge in [-0.05, 0) is 25.7 Å². The Morgan fingerprint density at radius 2 is 2.29 bits per heavy atom. The standard InChI is InChI=1S/C13H26N2O2/c1-3-5-12(9-17-2)15-13(16)10-6-4-7-11(14)8-10/h10-12H,3-9,14H2,1-2H3,(H,15,16). The molecule has 0 radical (unpaired) electrons. The molecular formula is C13H26N2O2. The average Bonchev–Trinajstić information content (AvgIpc) is 2.29. The zero-order valence-electron chi connectivity index (χ0n) is 11.1. The highest BCUT2D eigenvalue weighted by Gasteiger charge is 2.26. The van der Waals surface area contributed by atoms with Gasteiger partial charge in [-0.2, -0.15) is 0 Å². The van der Waals surface area contributed by atoms with E-state index in [1.165, 1.54) is 0 Å². The van der Waals surface area contributed by atoms with Crippen molar-refractivity contribution in [2.75, 3.05) is 13.7 Å². The van der Waals surface area contributed by atoms with E-state index in [4.69, 9.17) is 10.5 Å². The molecule has 0 aromatic heterocycles. The van der Waals surface area contributed by atoms with Gasteiger partial charge in [0.2, 0.25) is 5.91 Å². The summed E-state index contributed by atoms with van der Waals surface area (Å²) in [6, 6.07) is 0.349. The van der Waals surface area contributed by atoms with Crippen LogP contribution in [0.1, 0.15) is 45.4 Å². The second-order valence-corrected chi connectivity index (χ2v) is 5.07. The Bertz CT molecular complexity index is 227. The molecule has 0 aliphatic heterocycles. The molecule has 1 aliphatic rings. The Morgan fingerprint density at radius 1 is 1.53 bits per heavy atom. The third-order valence-electron chi connectivity index (χ3n) is 3.44. The molecule has 0 saturated heterocycles. The van der Waals surface area contributed by atoms with E-state index >= 15 is 0 Å². The second-order valence-electron chi connectivity index (χ2n) is 5.07. The highest BCUT2D eigenvalue weighted by Crippen LogP contribution is 2.23. The molecule has 1 fully saturated rings. The van der Waals surface area contributed by atoms with Crippen LogP contribution in [0.3, 0.4) is 0 Å². The van der Waals surface area contributed by atoms with E-state index in [1.54, 1.807) is 7.11 Å². The number of hydrogen-bond donors (Lipinski definition) is 2. The summed E-state index contributed by atoms with van der Waals surface area (Å²) in [4.78, 5) is 12.1. The Kier molecular flexibility index (Phi) is 6.52. The first-order chi connectivity index (χ1) is 8.17. The number of amides is 1. The van der Waals surface area contributed by atoms with Crippen molar-refractivity contribution >= 4 is 5.91 Å². The van der Waals surface area contributed by atoms with E-state index in [1.807, 2.05) is 0 Å². The van der Waals surface area contributed by atoms with Crippen molar-refractivity contribution in [3.63, 3.8) is 0 Å². The van der Waals surface area contributed by atoms with Crippen LogP contribution < -0.4 is 11.1 Å². The first-order valence-electron chi connectivity index (χ1n) is 6.72. The van der Waals surface area contributed by atoms with Crippen LogP contribution in [0.5, 0.6) is 0 Å². The molecule has 0 spiro atoms. The van der Waals surface area contributed by atoms with Gasteiger partial charge in [0.1, 0.15) is 0 Å². The Hall–Kier alpha value is -0.610. The van der Waals surface area contributed by atoms with Crippen molar-refractivity contribution in [3.8, 4) is 0 Å². The molecule has 3 unspecified atom stereocenters. The Labute approximate surface area is 104 Å². The van der Waals surface area contributed by atoms with Crippen LogP contribution >= 0.6 is 0 Å². The third kappa shape index (κ3) is 5.04. The van der Waals surface area contributed by atoms with Crippen LogP contribution in [-0.2, 0) is 9.53 Å². The molecule has 4 heteroatoms. The van der Waals surface area contributed by atoms with Crippen molar-refractivity contribution < 1.29 is 9.53 Å². The topological polar surface area (TPSA) is 64.3 Å². The smallest absolute Gasteiger partial charge is 0.223 e. The largest absolute Gasteiger partial charge is 0.383 e. The molecule has 0 aromatic carbocycles. The number of carbonyl (C=O) groups excluding carboxylic acids is 1. The summed E-state index contributed by atoms with van der Waals surface area (Å²) in [7, 11) is 1.67. The normalized spacial score (nSPS) is 26.5. The quantitative estimate of drug-likeness (QED) is 0.740. The van der Waals surface area contributed by atoms with Gasteiger partial charge in [-0.15, -0.1) is 0 Å². The van der Waals surface area contributed by atoms with Crippen molar-refractivity contribution in [3.05, 3.63) is 0 Å². The minimum atomic E-state index is 0.106. The highest BCUT2D eigenvalue weighted by molar-refractivity contribution is 5.79. The molecule has 3 atom stereocenters. The summed E-state index contributed by atoms with van der Waals surface area (Å²) in [5.74, 6) is 0.269. The number of ether oxygens (including phenoxy) is 1. The first-order valence-corrected chi connectivity index (χ1v) is 6.72. The number of rotatable bonds is 6. The monoisotopic (exact) mass is 242 g/mol. The summed E-state index contributed by atoms with van der Waals surface area (Å²) < 4.78 is 5.13. The van der Waals surface area contributed by atoms with Crippen LogP contribution in [0.2, 0.25) is 0 Å². The lowest BCUT2D eigenvalue weighted by molar-refractivity contribution is -0.127. The molecule has 100 valence electrons. The molecule has 3 N–H and O–H groups in total. The minimum Gasteiger partial charge on any atom is -0.383 e. The molecule has 0 bridgehead atoms. The fourth-order valence-electron chi connectivity index (χ4n) is 2.53. The van der Waals surface area contributed by atoms with E-state index in [9.17, 15) is 4.79 Å². The lowest BCUT2D eigenvalue weighted by atomic mass is 9.85. The predicted octanol–water partition coefficient (Wildman–Crippen LogP) is 1.44. The molecular weight excluding hydrogens is 216 g/mol. The van der Waals surface area contributed by atoms with E-state index < -0.39 is 0 Å². The molecule has 4 nitrogen and oxygen atoms in total. The average molecular weight is 242 g/mol. The maximum Gasteiger partial charge on any atom is 0.223 e. The van der Waals surface area contributed by atoms with Crippen LogP contribution in [-0.4, -0.2) is 31.7 Å². The van der Waals surface area contributed by atoms with Crippen LogP contribution in [0.4, 0.5) is 0 Å². The Balaban J connectivity index is 2.39. The van der Waals surface area contributed by atoms with Gasteiger partial charge in [0.25, 0.3) is 0 Å². The fourth-order valence-corrected chi connectivity index (χ4v) is 2.53. The van der Waals surface area contributed by atoms with E-state index in [-0.39, 0.29) is 23.9 Å². The summed E-state index contributed by atoms with van der Waals surface area (Å²) in [5.41, 5.74) is 5.91. The van der Waals surface area contributed by atoms with Gasteiger partial charge in [-0.3, -0.25) is 4.79 Å². The van der Waals surface area contributed by atoms with Crippen molar-refractivity contribution in [2.45, 2.75) is 57.5 Å². The van der Waals surface area contributed by atoms with Crippen LogP contribution in [0.25, 0.3) is 0 Å². The number of nitrogens with one attached hydrogen (secondary N) is 1. The van der Waals surface area contributed by atoms with Gasteiger partial charge in [0, 0.05) is 19.1 Å². The van der Waals surface area contributed by atoms with Gasteiger partial charge < -0.3 is 15.8 Å². The summed E-state index contributed by atoms with van der Waals surface area (Å²) in [6.07, 6.45) is 5.96. The maximum atomic E-state index is 12.1. The molecule has 1 aliphatic carbocycles. The molecule has 17 heavy (non-hydrogen) atoms. The lowest BCUT2D eigenvalue weighted by Crippen LogP contribution is -2.44. The summed E-state index contributed by atoms with van der Waals surface area (Å²) >= 11 is 0. The Morgan fingerprint density at radius 3 is 2.88 bits per heavy atom. The number of hydrogen-bond acceptors (Lipinski definition) is 3. The molecule has 1 rings (SSSR count). The van der Waals surface area contributed by atoms with Gasteiger partial charge in [-0.25, -0.2) is 0 Å². The maximum absolute atomic E-state index is 12.1. The van der Waals surface area contributed by atoms with E-state index in [0.717, 1.165) is 38.5 Å². The lowest BCUT2D eigenvalue weighted by Gasteiger charge is -2.27. The molecule has 1 amide bonds. The molecule has 0 heterocycles. The zero-order valence-corrected chi connectivity index (χ0v) is 11.1. The van der Waals surface area contributed by atoms with Crippen molar-refractivity contribution in [1.29, 1.82) is 0 Å². The SMILES string of the molecule is CCCC(COC)NC(=O)C1CCCC(N)C1. The van der Waals surface area contributed by atoms with Crippen molar-refractivity contribution in [1.82, 2.24) is 5.32 Å². The van der Waals surface area contributed by atoms with Crippen LogP contribution in [0.15, 0.2) is 0 Å². The van der Waals surface area contributed by atoms with Crippen LogP contribution in [0, 0.1) is 5.92 Å². The van der Waals surface area contributed by atoms with Gasteiger partial charge in [0.15, 0.2) is 0 Å². The summed E-state index contributed by atoms with van der Waals surface area (Å²) in [6.45, 7) is 2.71. The van der Waals surface area contributed by atoms with Gasteiger partial charge >= 0.3 is 0 Å². The van der Waals surface area contributed by atoms with Gasteiger partial charge in [-0.1, -0.05) is 19.8 Å².